The Bertz CT molecular complexity index is 474. The van der Waals surface area contributed by atoms with Crippen molar-refractivity contribution in [1.29, 1.82) is 0 Å². The fraction of sp³-hybridized carbons (Fsp3) is 0.889. The van der Waals surface area contributed by atoms with Crippen LogP contribution in [0, 0.1) is 0 Å². The summed E-state index contributed by atoms with van der Waals surface area (Å²) >= 11 is 0. The van der Waals surface area contributed by atoms with Gasteiger partial charge in [0.1, 0.15) is 0 Å². The third-order valence-electron chi connectivity index (χ3n) is 5.50. The predicted molar refractivity (Wildman–Crippen MR) is 107 cm³/mol. The molecule has 150 valence electrons. The smallest absolute Gasteiger partial charge is 0.223 e. The van der Waals surface area contributed by atoms with Crippen LogP contribution in [0.3, 0.4) is 0 Å². The van der Waals surface area contributed by atoms with Crippen molar-refractivity contribution in [2.75, 3.05) is 94.1 Å². The molecule has 2 rings (SSSR count). The number of piperazine rings is 2. The second-order valence-corrected chi connectivity index (χ2v) is 7.69. The highest BCUT2D eigenvalue weighted by molar-refractivity contribution is 5.80. The Morgan fingerprint density at radius 2 is 1.81 bits per heavy atom. The maximum absolute atomic E-state index is 11.7. The molecular formula is C18H37N7O. The quantitative estimate of drug-likeness (QED) is 0.492. The zero-order valence-corrected chi connectivity index (χ0v) is 17.2. The van der Waals surface area contributed by atoms with Crippen LogP contribution in [0.5, 0.6) is 0 Å². The van der Waals surface area contributed by atoms with Gasteiger partial charge in [-0.05, 0) is 14.1 Å². The zero-order chi connectivity index (χ0) is 19.1. The molecule has 0 aliphatic carbocycles. The molecule has 8 nitrogen and oxygen atoms in total. The number of nitrogens with zero attached hydrogens (tertiary/aromatic N) is 6. The van der Waals surface area contributed by atoms with Crippen molar-refractivity contribution in [3.8, 4) is 0 Å². The van der Waals surface area contributed by atoms with E-state index in [1.54, 1.807) is 4.90 Å². The summed E-state index contributed by atoms with van der Waals surface area (Å²) in [5.41, 5.74) is 0. The SMILES string of the molecule is CN=C(NCC1CN(C)CCN1C)N1CCN(CCC(=O)N(C)C)CC1. The molecule has 2 aliphatic rings. The zero-order valence-electron chi connectivity index (χ0n) is 17.2. The van der Waals surface area contributed by atoms with Crippen molar-refractivity contribution in [2.24, 2.45) is 4.99 Å². The summed E-state index contributed by atoms with van der Waals surface area (Å²) in [6, 6.07) is 0.517. The number of likely N-dealkylation sites (N-methyl/N-ethyl adjacent to an activating group) is 2. The second kappa shape index (κ2) is 10.1. The third-order valence-corrected chi connectivity index (χ3v) is 5.50. The second-order valence-electron chi connectivity index (χ2n) is 7.69. The minimum Gasteiger partial charge on any atom is -0.355 e. The van der Waals surface area contributed by atoms with E-state index in [1.165, 1.54) is 0 Å². The van der Waals surface area contributed by atoms with E-state index in [4.69, 9.17) is 0 Å². The molecule has 1 N–H and O–H groups in total. The van der Waals surface area contributed by atoms with Gasteiger partial charge in [0, 0.05) is 92.5 Å². The van der Waals surface area contributed by atoms with Gasteiger partial charge in [-0.25, -0.2) is 0 Å². The molecule has 0 aromatic rings. The van der Waals surface area contributed by atoms with Crippen LogP contribution in [-0.4, -0.2) is 137 Å². The summed E-state index contributed by atoms with van der Waals surface area (Å²) in [5, 5.41) is 3.57. The average molecular weight is 368 g/mol. The first kappa shape index (κ1) is 20.9. The normalized spacial score (nSPS) is 24.0. The molecule has 0 aromatic carbocycles. The number of guanidine groups is 1. The number of carbonyl (C=O) groups is 1. The summed E-state index contributed by atoms with van der Waals surface area (Å²) < 4.78 is 0. The lowest BCUT2D eigenvalue weighted by Gasteiger charge is -2.40. The Morgan fingerprint density at radius 3 is 2.42 bits per heavy atom. The number of nitrogens with one attached hydrogen (secondary N) is 1. The van der Waals surface area contributed by atoms with Crippen molar-refractivity contribution >= 4 is 11.9 Å². The van der Waals surface area contributed by atoms with Crippen molar-refractivity contribution in [2.45, 2.75) is 12.5 Å². The highest BCUT2D eigenvalue weighted by Gasteiger charge is 2.24. The number of carbonyl (C=O) groups excluding carboxylic acids is 1. The standard InChI is InChI=1S/C18H37N7O/c1-19-18(20-14-16-15-22(4)8-9-23(16)5)25-12-10-24(11-13-25)7-6-17(26)21(2)3/h16H,6-15H2,1-5H3,(H,19,20). The minimum absolute atomic E-state index is 0.200. The number of hydrogen-bond donors (Lipinski definition) is 1. The van der Waals surface area contributed by atoms with E-state index in [0.29, 0.717) is 12.5 Å². The van der Waals surface area contributed by atoms with Crippen molar-refractivity contribution in [3.05, 3.63) is 0 Å². The molecule has 26 heavy (non-hydrogen) atoms. The van der Waals surface area contributed by atoms with E-state index >= 15 is 0 Å². The average Bonchev–Trinajstić information content (AvgIpc) is 2.63. The van der Waals surface area contributed by atoms with Gasteiger partial charge in [-0.3, -0.25) is 19.6 Å². The lowest BCUT2D eigenvalue weighted by Crippen LogP contribution is -2.57. The van der Waals surface area contributed by atoms with Crippen LogP contribution in [0.2, 0.25) is 0 Å². The molecule has 0 radical (unpaired) electrons. The number of rotatable bonds is 5. The molecule has 2 aliphatic heterocycles. The fourth-order valence-corrected chi connectivity index (χ4v) is 3.52. The van der Waals surface area contributed by atoms with Gasteiger partial charge in [-0.2, -0.15) is 0 Å². The maximum Gasteiger partial charge on any atom is 0.223 e. The maximum atomic E-state index is 11.7. The van der Waals surface area contributed by atoms with Gasteiger partial charge in [0.05, 0.1) is 0 Å². The van der Waals surface area contributed by atoms with E-state index < -0.39 is 0 Å². The van der Waals surface area contributed by atoms with Gasteiger partial charge < -0.3 is 20.0 Å². The molecular weight excluding hydrogens is 330 g/mol. The molecule has 0 saturated carbocycles. The van der Waals surface area contributed by atoms with E-state index in [0.717, 1.165) is 64.9 Å². The Hall–Kier alpha value is -1.38. The third kappa shape index (κ3) is 6.10. The van der Waals surface area contributed by atoms with E-state index in [1.807, 2.05) is 21.1 Å². The van der Waals surface area contributed by atoms with Crippen molar-refractivity contribution in [1.82, 2.24) is 29.8 Å². The van der Waals surface area contributed by atoms with Crippen LogP contribution in [0.1, 0.15) is 6.42 Å². The van der Waals surface area contributed by atoms with Crippen LogP contribution in [0.15, 0.2) is 4.99 Å². The summed E-state index contributed by atoms with van der Waals surface area (Å²) in [7, 11) is 9.89. The summed E-state index contributed by atoms with van der Waals surface area (Å²) in [6.07, 6.45) is 0.599. The first-order chi connectivity index (χ1) is 12.4. The first-order valence-corrected chi connectivity index (χ1v) is 9.67. The van der Waals surface area contributed by atoms with Gasteiger partial charge >= 0.3 is 0 Å². The van der Waals surface area contributed by atoms with Crippen LogP contribution >= 0.6 is 0 Å². The van der Waals surface area contributed by atoms with Gasteiger partial charge in [0.15, 0.2) is 5.96 Å². The lowest BCUT2D eigenvalue weighted by atomic mass is 10.2. The summed E-state index contributed by atoms with van der Waals surface area (Å²) in [5.74, 6) is 1.20. The predicted octanol–water partition coefficient (Wildman–Crippen LogP) is -1.10. The minimum atomic E-state index is 0.200. The van der Waals surface area contributed by atoms with Gasteiger partial charge in [-0.15, -0.1) is 0 Å². The molecule has 0 bridgehead atoms. The molecule has 2 saturated heterocycles. The van der Waals surface area contributed by atoms with Crippen LogP contribution in [0.4, 0.5) is 0 Å². The Balaban J connectivity index is 1.73. The Kier molecular flexibility index (Phi) is 8.12. The summed E-state index contributed by atoms with van der Waals surface area (Å²) in [4.78, 5) is 27.4. The van der Waals surface area contributed by atoms with E-state index in [2.05, 4.69) is 44.0 Å². The molecule has 0 spiro atoms. The molecule has 2 heterocycles. The number of amides is 1. The molecule has 1 amide bonds. The van der Waals surface area contributed by atoms with Crippen LogP contribution < -0.4 is 5.32 Å². The van der Waals surface area contributed by atoms with E-state index in [9.17, 15) is 4.79 Å². The van der Waals surface area contributed by atoms with Gasteiger partial charge in [0.2, 0.25) is 5.91 Å². The highest BCUT2D eigenvalue weighted by atomic mass is 16.2. The van der Waals surface area contributed by atoms with E-state index in [-0.39, 0.29) is 5.91 Å². The first-order valence-electron chi connectivity index (χ1n) is 9.67. The number of hydrogen-bond acceptors (Lipinski definition) is 5. The Morgan fingerprint density at radius 1 is 1.12 bits per heavy atom. The largest absolute Gasteiger partial charge is 0.355 e. The monoisotopic (exact) mass is 367 g/mol. The molecule has 1 atom stereocenters. The molecule has 0 aromatic heterocycles. The van der Waals surface area contributed by atoms with Crippen molar-refractivity contribution in [3.63, 3.8) is 0 Å². The highest BCUT2D eigenvalue weighted by Crippen LogP contribution is 2.07. The fourth-order valence-electron chi connectivity index (χ4n) is 3.52. The van der Waals surface area contributed by atoms with Crippen LogP contribution in [0.25, 0.3) is 0 Å². The molecule has 2 fully saturated rings. The summed E-state index contributed by atoms with van der Waals surface area (Å²) in [6.45, 7) is 8.98. The lowest BCUT2D eigenvalue weighted by molar-refractivity contribution is -0.129. The van der Waals surface area contributed by atoms with Crippen LogP contribution in [-0.2, 0) is 4.79 Å². The van der Waals surface area contributed by atoms with Gasteiger partial charge in [0.25, 0.3) is 0 Å². The molecule has 8 heteroatoms. The Labute approximate surface area is 158 Å². The topological polar surface area (TPSA) is 57.7 Å². The van der Waals surface area contributed by atoms with Gasteiger partial charge in [-0.1, -0.05) is 0 Å². The van der Waals surface area contributed by atoms with Crippen molar-refractivity contribution < 1.29 is 4.79 Å². The molecule has 1 unspecified atom stereocenters. The number of aliphatic imine (C=N–C) groups is 1.